The fourth-order valence-corrected chi connectivity index (χ4v) is 2.44. The Kier molecular flexibility index (Phi) is 7.05. The van der Waals surface area contributed by atoms with E-state index in [4.69, 9.17) is 0 Å². The van der Waals surface area contributed by atoms with Crippen molar-refractivity contribution in [1.29, 1.82) is 0 Å². The summed E-state index contributed by atoms with van der Waals surface area (Å²) in [6.45, 7) is 0.499. The molecule has 0 spiro atoms. The zero-order valence-electron chi connectivity index (χ0n) is 13.3. The Hall–Kier alpha value is -2.42. The highest BCUT2D eigenvalue weighted by molar-refractivity contribution is 6.36. The molecule has 23 heavy (non-hydrogen) atoms. The number of benzene rings is 2. The molecule has 1 N–H and O–H groups in total. The van der Waals surface area contributed by atoms with Crippen LogP contribution in [0.5, 0.6) is 0 Å². The third kappa shape index (κ3) is 6.47. The van der Waals surface area contributed by atoms with Gasteiger partial charge in [-0.15, -0.1) is 0 Å². The van der Waals surface area contributed by atoms with Crippen LogP contribution in [0.3, 0.4) is 0 Å². The van der Waals surface area contributed by atoms with Crippen LogP contribution in [0.2, 0.25) is 0 Å². The van der Waals surface area contributed by atoms with Crippen molar-refractivity contribution in [3.8, 4) is 0 Å². The van der Waals surface area contributed by atoms with Gasteiger partial charge in [0.2, 0.25) is 5.78 Å². The van der Waals surface area contributed by atoms with Crippen LogP contribution in [-0.4, -0.2) is 18.2 Å². The summed E-state index contributed by atoms with van der Waals surface area (Å²) in [5.41, 5.74) is 2.43. The normalized spacial score (nSPS) is 10.3. The van der Waals surface area contributed by atoms with Crippen LogP contribution < -0.4 is 5.32 Å². The van der Waals surface area contributed by atoms with Crippen LogP contribution >= 0.6 is 0 Å². The van der Waals surface area contributed by atoms with Crippen LogP contribution in [0.25, 0.3) is 0 Å². The zero-order chi connectivity index (χ0) is 16.3. The van der Waals surface area contributed by atoms with Gasteiger partial charge in [0.15, 0.2) is 0 Å². The van der Waals surface area contributed by atoms with E-state index in [0.29, 0.717) is 13.0 Å². The summed E-state index contributed by atoms with van der Waals surface area (Å²) < 4.78 is 0. The van der Waals surface area contributed by atoms with E-state index in [0.717, 1.165) is 31.2 Å². The minimum atomic E-state index is -0.458. The second kappa shape index (κ2) is 9.57. The smallest absolute Gasteiger partial charge is 0.287 e. The van der Waals surface area contributed by atoms with Crippen molar-refractivity contribution < 1.29 is 9.59 Å². The van der Waals surface area contributed by atoms with Crippen LogP contribution in [0.4, 0.5) is 0 Å². The van der Waals surface area contributed by atoms with Gasteiger partial charge in [0.1, 0.15) is 0 Å². The maximum Gasteiger partial charge on any atom is 0.287 e. The SMILES string of the molecule is O=C(CCCCc1ccccc1)C(=O)NCCc1ccccc1. The Bertz CT molecular complexity index is 608. The lowest BCUT2D eigenvalue weighted by Crippen LogP contribution is -2.32. The molecule has 0 unspecified atom stereocenters. The van der Waals surface area contributed by atoms with Gasteiger partial charge in [0.05, 0.1) is 0 Å². The molecule has 0 fully saturated rings. The van der Waals surface area contributed by atoms with Gasteiger partial charge in [-0.2, -0.15) is 0 Å². The van der Waals surface area contributed by atoms with Gasteiger partial charge in [0, 0.05) is 13.0 Å². The summed E-state index contributed by atoms with van der Waals surface area (Å²) in [6, 6.07) is 20.1. The molecule has 0 saturated carbocycles. The van der Waals surface area contributed by atoms with E-state index in [2.05, 4.69) is 17.4 Å². The fourth-order valence-electron chi connectivity index (χ4n) is 2.44. The molecule has 3 nitrogen and oxygen atoms in total. The van der Waals surface area contributed by atoms with Crippen molar-refractivity contribution in [2.24, 2.45) is 0 Å². The molecule has 0 aliphatic heterocycles. The van der Waals surface area contributed by atoms with E-state index < -0.39 is 5.91 Å². The number of unbranched alkanes of at least 4 members (excludes halogenated alkanes) is 1. The lowest BCUT2D eigenvalue weighted by molar-refractivity contribution is -0.137. The Morgan fingerprint density at radius 3 is 1.91 bits per heavy atom. The topological polar surface area (TPSA) is 46.2 Å². The van der Waals surface area contributed by atoms with Crippen molar-refractivity contribution in [2.75, 3.05) is 6.54 Å². The molecule has 2 aromatic carbocycles. The second-order valence-corrected chi connectivity index (χ2v) is 5.61. The highest BCUT2D eigenvalue weighted by Gasteiger charge is 2.12. The molecule has 0 aliphatic rings. The first-order valence-corrected chi connectivity index (χ1v) is 8.14. The van der Waals surface area contributed by atoms with Crippen LogP contribution in [-0.2, 0) is 22.4 Å². The molecule has 0 saturated heterocycles. The molecule has 0 aromatic heterocycles. The van der Waals surface area contributed by atoms with Gasteiger partial charge in [-0.3, -0.25) is 9.59 Å². The summed E-state index contributed by atoms with van der Waals surface area (Å²) in [5, 5.41) is 2.70. The minimum absolute atomic E-state index is 0.314. The van der Waals surface area contributed by atoms with Crippen molar-refractivity contribution in [3.63, 3.8) is 0 Å². The van der Waals surface area contributed by atoms with Crippen molar-refractivity contribution >= 4 is 11.7 Å². The third-order valence-corrected chi connectivity index (χ3v) is 3.76. The molecule has 120 valence electrons. The van der Waals surface area contributed by atoms with Crippen molar-refractivity contribution in [2.45, 2.75) is 32.1 Å². The Morgan fingerprint density at radius 2 is 1.30 bits per heavy atom. The third-order valence-electron chi connectivity index (χ3n) is 3.76. The maximum absolute atomic E-state index is 11.8. The fraction of sp³-hybridized carbons (Fsp3) is 0.300. The van der Waals surface area contributed by atoms with E-state index in [9.17, 15) is 9.59 Å². The highest BCUT2D eigenvalue weighted by Crippen LogP contribution is 2.06. The quantitative estimate of drug-likeness (QED) is 0.570. The molecule has 2 rings (SSSR count). The highest BCUT2D eigenvalue weighted by atomic mass is 16.2. The van der Waals surface area contributed by atoms with Gasteiger partial charge in [0.25, 0.3) is 5.91 Å². The van der Waals surface area contributed by atoms with Crippen LogP contribution in [0, 0.1) is 0 Å². The molecule has 0 bridgehead atoms. The number of Topliss-reactive ketones (excluding diaryl/α,β-unsaturated/α-hetero) is 1. The summed E-state index contributed by atoms with van der Waals surface area (Å²) in [4.78, 5) is 23.5. The molecular formula is C20H23NO2. The average molecular weight is 309 g/mol. The molecular weight excluding hydrogens is 286 g/mol. The number of carbonyl (C=O) groups is 2. The number of ketones is 1. The van der Waals surface area contributed by atoms with Gasteiger partial charge in [-0.25, -0.2) is 0 Å². The average Bonchev–Trinajstić information content (AvgIpc) is 2.60. The van der Waals surface area contributed by atoms with Gasteiger partial charge < -0.3 is 5.32 Å². The number of hydrogen-bond acceptors (Lipinski definition) is 2. The maximum atomic E-state index is 11.8. The molecule has 0 heterocycles. The van der Waals surface area contributed by atoms with Gasteiger partial charge in [-0.05, 0) is 36.8 Å². The van der Waals surface area contributed by atoms with E-state index >= 15 is 0 Å². The first kappa shape index (κ1) is 16.9. The molecule has 0 radical (unpaired) electrons. The predicted molar refractivity (Wildman–Crippen MR) is 92.2 cm³/mol. The van der Waals surface area contributed by atoms with E-state index in [1.807, 2.05) is 48.5 Å². The lowest BCUT2D eigenvalue weighted by atomic mass is 10.1. The predicted octanol–water partition coefficient (Wildman–Crippen LogP) is 3.33. The van der Waals surface area contributed by atoms with Crippen molar-refractivity contribution in [1.82, 2.24) is 5.32 Å². The second-order valence-electron chi connectivity index (χ2n) is 5.61. The Balaban J connectivity index is 1.58. The van der Waals surface area contributed by atoms with Gasteiger partial charge in [-0.1, -0.05) is 60.7 Å². The lowest BCUT2D eigenvalue weighted by Gasteiger charge is -2.05. The first-order chi connectivity index (χ1) is 11.3. The molecule has 0 atom stereocenters. The monoisotopic (exact) mass is 309 g/mol. The molecule has 2 aromatic rings. The summed E-state index contributed by atoms with van der Waals surface area (Å²) in [7, 11) is 0. The zero-order valence-corrected chi connectivity index (χ0v) is 13.3. The first-order valence-electron chi connectivity index (χ1n) is 8.14. The molecule has 0 aliphatic carbocycles. The molecule has 1 amide bonds. The number of carbonyl (C=O) groups excluding carboxylic acids is 2. The molecule has 3 heteroatoms. The number of amides is 1. The summed E-state index contributed by atoms with van der Waals surface area (Å²) >= 11 is 0. The Labute approximate surface area is 137 Å². The number of nitrogens with one attached hydrogen (secondary N) is 1. The number of hydrogen-bond donors (Lipinski definition) is 1. The standard InChI is InChI=1S/C20H23NO2/c22-19(14-8-7-13-17-9-3-1-4-10-17)20(23)21-16-15-18-11-5-2-6-12-18/h1-6,9-12H,7-8,13-16H2,(H,21,23). The summed E-state index contributed by atoms with van der Waals surface area (Å²) in [6.07, 6.45) is 3.69. The van der Waals surface area contributed by atoms with Crippen LogP contribution in [0.15, 0.2) is 60.7 Å². The Morgan fingerprint density at radius 1 is 0.739 bits per heavy atom. The summed E-state index contributed by atoms with van der Waals surface area (Å²) in [5.74, 6) is -0.772. The minimum Gasteiger partial charge on any atom is -0.349 e. The van der Waals surface area contributed by atoms with Crippen LogP contribution in [0.1, 0.15) is 30.4 Å². The van der Waals surface area contributed by atoms with E-state index in [1.165, 1.54) is 5.56 Å². The van der Waals surface area contributed by atoms with Crippen molar-refractivity contribution in [3.05, 3.63) is 71.8 Å². The van der Waals surface area contributed by atoms with Gasteiger partial charge >= 0.3 is 0 Å². The number of rotatable bonds is 9. The largest absolute Gasteiger partial charge is 0.349 e. The van der Waals surface area contributed by atoms with E-state index in [1.54, 1.807) is 0 Å². The number of aryl methyl sites for hydroxylation is 1. The van der Waals surface area contributed by atoms with E-state index in [-0.39, 0.29) is 5.78 Å².